The fraction of sp³-hybridized carbons (Fsp3) is 1.00. The first kappa shape index (κ1) is 14.4. The molecule has 5 unspecified atom stereocenters. The van der Waals surface area contributed by atoms with Gasteiger partial charge in [0.15, 0.2) is 6.29 Å². The molecule has 21 heavy (non-hydrogen) atoms. The Kier molecular flexibility index (Phi) is 4.43. The van der Waals surface area contributed by atoms with Crippen LogP contribution in [-0.2, 0) is 28.4 Å². The normalized spacial score (nSPS) is 45.1. The van der Waals surface area contributed by atoms with E-state index < -0.39 is 0 Å². The second kappa shape index (κ2) is 6.48. The summed E-state index contributed by atoms with van der Waals surface area (Å²) in [6, 6.07) is 0. The molecule has 0 aromatic heterocycles. The lowest BCUT2D eigenvalue weighted by molar-refractivity contribution is -0.250. The molecular formula is C15H24O6. The molecule has 3 aliphatic heterocycles. The molecule has 3 heterocycles. The van der Waals surface area contributed by atoms with Gasteiger partial charge in [0.1, 0.15) is 12.2 Å². The molecule has 0 spiro atoms. The average Bonchev–Trinajstić information content (AvgIpc) is 3.33. The fourth-order valence-corrected chi connectivity index (χ4v) is 2.90. The van der Waals surface area contributed by atoms with Gasteiger partial charge >= 0.3 is 0 Å². The maximum absolute atomic E-state index is 5.99. The Morgan fingerprint density at radius 1 is 0.762 bits per heavy atom. The SMILES string of the molecule is C1CC(OC2CC(OCC3CO3)CC(OCC3CO3)C2)O1. The molecule has 0 N–H and O–H groups in total. The number of ether oxygens (including phenoxy) is 6. The first-order valence-corrected chi connectivity index (χ1v) is 8.08. The molecule has 3 saturated heterocycles. The number of rotatable bonds is 8. The van der Waals surface area contributed by atoms with E-state index in [1.807, 2.05) is 0 Å². The van der Waals surface area contributed by atoms with E-state index in [0.717, 1.165) is 45.5 Å². The summed E-state index contributed by atoms with van der Waals surface area (Å²) in [5, 5.41) is 0. The summed E-state index contributed by atoms with van der Waals surface area (Å²) >= 11 is 0. The van der Waals surface area contributed by atoms with Crippen molar-refractivity contribution in [2.45, 2.75) is 62.5 Å². The van der Waals surface area contributed by atoms with Crippen molar-refractivity contribution in [2.24, 2.45) is 0 Å². The second-order valence-electron chi connectivity index (χ2n) is 6.38. The monoisotopic (exact) mass is 300 g/mol. The van der Waals surface area contributed by atoms with E-state index in [9.17, 15) is 0 Å². The van der Waals surface area contributed by atoms with Crippen LogP contribution in [0.25, 0.3) is 0 Å². The van der Waals surface area contributed by atoms with Crippen LogP contribution in [0.15, 0.2) is 0 Å². The van der Waals surface area contributed by atoms with E-state index in [1.54, 1.807) is 0 Å². The fourth-order valence-electron chi connectivity index (χ4n) is 2.90. The standard InChI is InChI=1S/C15H24O6/c1-2-16-15(1)21-12-4-10(17-6-13-8-19-13)3-11(5-12)18-7-14-9-20-14/h10-15H,1-9H2. The molecule has 0 aromatic carbocycles. The van der Waals surface area contributed by atoms with E-state index in [1.165, 1.54) is 0 Å². The first-order valence-electron chi connectivity index (χ1n) is 8.08. The van der Waals surface area contributed by atoms with Gasteiger partial charge in [-0.05, 0) is 6.42 Å². The highest BCUT2D eigenvalue weighted by Crippen LogP contribution is 2.30. The van der Waals surface area contributed by atoms with E-state index in [0.29, 0.717) is 25.4 Å². The number of epoxide rings is 2. The maximum atomic E-state index is 5.99. The second-order valence-corrected chi connectivity index (χ2v) is 6.38. The minimum Gasteiger partial charge on any atom is -0.375 e. The minimum atomic E-state index is -0.0204. The molecule has 4 fully saturated rings. The average molecular weight is 300 g/mol. The minimum absolute atomic E-state index is 0.0204. The number of hydrogen-bond acceptors (Lipinski definition) is 6. The topological polar surface area (TPSA) is 62.0 Å². The third kappa shape index (κ3) is 4.37. The van der Waals surface area contributed by atoms with Gasteiger partial charge in [-0.1, -0.05) is 0 Å². The van der Waals surface area contributed by atoms with Gasteiger partial charge in [0.25, 0.3) is 0 Å². The van der Waals surface area contributed by atoms with E-state index in [2.05, 4.69) is 0 Å². The third-order valence-corrected chi connectivity index (χ3v) is 4.42. The molecule has 5 atom stereocenters. The van der Waals surface area contributed by atoms with Crippen molar-refractivity contribution < 1.29 is 28.4 Å². The van der Waals surface area contributed by atoms with Crippen LogP contribution in [0.1, 0.15) is 25.7 Å². The lowest BCUT2D eigenvalue weighted by atomic mass is 9.92. The van der Waals surface area contributed by atoms with Crippen LogP contribution in [0.2, 0.25) is 0 Å². The summed E-state index contributed by atoms with van der Waals surface area (Å²) in [4.78, 5) is 0. The highest BCUT2D eigenvalue weighted by Gasteiger charge is 2.36. The lowest BCUT2D eigenvalue weighted by Crippen LogP contribution is -2.42. The lowest BCUT2D eigenvalue weighted by Gasteiger charge is -2.38. The first-order chi connectivity index (χ1) is 10.3. The Balaban J connectivity index is 1.26. The van der Waals surface area contributed by atoms with Crippen molar-refractivity contribution in [2.75, 3.05) is 33.0 Å². The molecule has 0 bridgehead atoms. The van der Waals surface area contributed by atoms with E-state index in [4.69, 9.17) is 28.4 Å². The predicted octanol–water partition coefficient (Wildman–Crippen LogP) is 0.870. The van der Waals surface area contributed by atoms with Gasteiger partial charge in [0.05, 0.1) is 51.3 Å². The Morgan fingerprint density at radius 2 is 1.29 bits per heavy atom. The number of hydrogen-bond donors (Lipinski definition) is 0. The summed E-state index contributed by atoms with van der Waals surface area (Å²) in [5.74, 6) is 0. The Labute approximate surface area is 125 Å². The summed E-state index contributed by atoms with van der Waals surface area (Å²) in [5.41, 5.74) is 0. The largest absolute Gasteiger partial charge is 0.375 e. The molecule has 6 nitrogen and oxygen atoms in total. The zero-order chi connectivity index (χ0) is 14.1. The van der Waals surface area contributed by atoms with Crippen molar-refractivity contribution in [1.29, 1.82) is 0 Å². The van der Waals surface area contributed by atoms with Crippen LogP contribution in [0.3, 0.4) is 0 Å². The van der Waals surface area contributed by atoms with Gasteiger partial charge in [-0.2, -0.15) is 0 Å². The highest BCUT2D eigenvalue weighted by atomic mass is 16.7. The van der Waals surface area contributed by atoms with E-state index in [-0.39, 0.29) is 24.6 Å². The molecule has 0 amide bonds. The molecule has 0 aromatic rings. The smallest absolute Gasteiger partial charge is 0.160 e. The van der Waals surface area contributed by atoms with Crippen molar-refractivity contribution in [3.8, 4) is 0 Å². The molecule has 0 radical (unpaired) electrons. The molecular weight excluding hydrogens is 276 g/mol. The van der Waals surface area contributed by atoms with Crippen molar-refractivity contribution in [3.63, 3.8) is 0 Å². The molecule has 1 saturated carbocycles. The van der Waals surface area contributed by atoms with Gasteiger partial charge in [-0.25, -0.2) is 0 Å². The van der Waals surface area contributed by atoms with Crippen molar-refractivity contribution in [3.05, 3.63) is 0 Å². The van der Waals surface area contributed by atoms with Crippen LogP contribution in [0, 0.1) is 0 Å². The van der Waals surface area contributed by atoms with Crippen LogP contribution in [0.5, 0.6) is 0 Å². The Hall–Kier alpha value is -0.240. The van der Waals surface area contributed by atoms with Crippen LogP contribution < -0.4 is 0 Å². The molecule has 6 heteroatoms. The quantitative estimate of drug-likeness (QED) is 0.620. The molecule has 4 rings (SSSR count). The summed E-state index contributed by atoms with van der Waals surface area (Å²) < 4.78 is 33.7. The van der Waals surface area contributed by atoms with Gasteiger partial charge < -0.3 is 28.4 Å². The summed E-state index contributed by atoms with van der Waals surface area (Å²) in [6.07, 6.45) is 4.92. The summed E-state index contributed by atoms with van der Waals surface area (Å²) in [6.45, 7) is 3.86. The van der Waals surface area contributed by atoms with Gasteiger partial charge in [-0.15, -0.1) is 0 Å². The van der Waals surface area contributed by atoms with Gasteiger partial charge in [0, 0.05) is 19.3 Å². The highest BCUT2D eigenvalue weighted by molar-refractivity contribution is 4.83. The van der Waals surface area contributed by atoms with E-state index >= 15 is 0 Å². The van der Waals surface area contributed by atoms with Crippen molar-refractivity contribution in [1.82, 2.24) is 0 Å². The maximum Gasteiger partial charge on any atom is 0.160 e. The zero-order valence-electron chi connectivity index (χ0n) is 12.3. The van der Waals surface area contributed by atoms with Gasteiger partial charge in [-0.3, -0.25) is 0 Å². The Bertz CT molecular complexity index is 315. The molecule has 120 valence electrons. The van der Waals surface area contributed by atoms with Crippen LogP contribution in [-0.4, -0.2) is 69.8 Å². The third-order valence-electron chi connectivity index (χ3n) is 4.42. The van der Waals surface area contributed by atoms with Gasteiger partial charge in [0.2, 0.25) is 0 Å². The van der Waals surface area contributed by atoms with Crippen LogP contribution in [0.4, 0.5) is 0 Å². The van der Waals surface area contributed by atoms with Crippen molar-refractivity contribution >= 4 is 0 Å². The molecule has 1 aliphatic carbocycles. The van der Waals surface area contributed by atoms with Crippen LogP contribution >= 0.6 is 0 Å². The summed E-state index contributed by atoms with van der Waals surface area (Å²) in [7, 11) is 0. The predicted molar refractivity (Wildman–Crippen MR) is 72.0 cm³/mol. The molecule has 4 aliphatic rings. The Morgan fingerprint density at radius 3 is 1.71 bits per heavy atom. The zero-order valence-corrected chi connectivity index (χ0v) is 12.3.